The Labute approximate surface area is 203 Å². The monoisotopic (exact) mass is 457 g/mol. The van der Waals surface area contributed by atoms with Crippen LogP contribution in [0.2, 0.25) is 0 Å². The van der Waals surface area contributed by atoms with Crippen LogP contribution in [-0.2, 0) is 14.1 Å². The first-order valence-corrected chi connectivity index (χ1v) is 12.8. The van der Waals surface area contributed by atoms with Gasteiger partial charge < -0.3 is 25.1 Å². The van der Waals surface area contributed by atoms with Crippen molar-refractivity contribution in [2.75, 3.05) is 31.5 Å². The van der Waals surface area contributed by atoms with Gasteiger partial charge in [0.15, 0.2) is 0 Å². The maximum absolute atomic E-state index is 4.36. The molecule has 1 aromatic carbocycles. The third-order valence-corrected chi connectivity index (χ3v) is 7.78. The van der Waals surface area contributed by atoms with Gasteiger partial charge in [-0.1, -0.05) is 12.7 Å². The topological polar surface area (TPSA) is 46.0 Å². The van der Waals surface area contributed by atoms with Crippen molar-refractivity contribution < 1.29 is 0 Å². The zero-order chi connectivity index (χ0) is 23.7. The first-order valence-electron chi connectivity index (χ1n) is 12.8. The van der Waals surface area contributed by atoms with E-state index in [4.69, 9.17) is 0 Å². The highest BCUT2D eigenvalue weighted by Gasteiger charge is 2.20. The van der Waals surface area contributed by atoms with Crippen LogP contribution in [-0.4, -0.2) is 35.3 Å². The van der Waals surface area contributed by atoms with E-state index < -0.39 is 0 Å². The standard InChI is InChI=1S/C29H39N5/c1-5-24-26(21-8-12-30-13-9-21)18-34(4)29(24)16-20(2)32-23-6-7-28-25(17-23)27(19-33(28)3)22-10-14-31-15-11-22/h5-7,16-19,21-22,30-32H,2,8-15H2,1,3-4H3/b24-5-,29-16+. The number of nitrogens with zero attached hydrogens (tertiary/aromatic N) is 2. The summed E-state index contributed by atoms with van der Waals surface area (Å²) in [6.45, 7) is 10.9. The fourth-order valence-corrected chi connectivity index (χ4v) is 5.98. The van der Waals surface area contributed by atoms with Crippen LogP contribution in [0, 0.1) is 0 Å². The fourth-order valence-electron chi connectivity index (χ4n) is 5.98. The van der Waals surface area contributed by atoms with Crippen molar-refractivity contribution in [1.82, 2.24) is 19.8 Å². The lowest BCUT2D eigenvalue weighted by atomic mass is 9.90. The minimum atomic E-state index is 0.634. The van der Waals surface area contributed by atoms with Crippen LogP contribution in [0.25, 0.3) is 23.1 Å². The molecule has 2 saturated heterocycles. The molecule has 0 aliphatic carbocycles. The van der Waals surface area contributed by atoms with E-state index in [2.05, 4.69) is 95.4 Å². The van der Waals surface area contributed by atoms with Crippen molar-refractivity contribution in [3.05, 3.63) is 64.6 Å². The summed E-state index contributed by atoms with van der Waals surface area (Å²) >= 11 is 0. The zero-order valence-electron chi connectivity index (χ0n) is 21.0. The second-order valence-electron chi connectivity index (χ2n) is 10.1. The van der Waals surface area contributed by atoms with Crippen molar-refractivity contribution >= 4 is 28.7 Å². The summed E-state index contributed by atoms with van der Waals surface area (Å²) in [4.78, 5) is 0. The average molecular weight is 458 g/mol. The molecule has 2 fully saturated rings. The molecular weight excluding hydrogens is 418 g/mol. The second-order valence-corrected chi connectivity index (χ2v) is 10.1. The van der Waals surface area contributed by atoms with E-state index in [-0.39, 0.29) is 0 Å². The quantitative estimate of drug-likeness (QED) is 0.548. The first kappa shape index (κ1) is 23.0. The lowest BCUT2D eigenvalue weighted by molar-refractivity contribution is 0.459. The fraction of sp³-hybridized carbons (Fsp3) is 0.448. The van der Waals surface area contributed by atoms with E-state index in [1.165, 1.54) is 58.3 Å². The molecule has 2 aliphatic heterocycles. The van der Waals surface area contributed by atoms with Gasteiger partial charge >= 0.3 is 0 Å². The maximum Gasteiger partial charge on any atom is 0.0497 e. The van der Waals surface area contributed by atoms with E-state index in [9.17, 15) is 0 Å². The normalized spacial score (nSPS) is 19.3. The number of anilines is 1. The highest BCUT2D eigenvalue weighted by Crippen LogP contribution is 2.34. The lowest BCUT2D eigenvalue weighted by Gasteiger charge is -2.22. The van der Waals surface area contributed by atoms with Gasteiger partial charge in [0.1, 0.15) is 0 Å². The predicted molar refractivity (Wildman–Crippen MR) is 145 cm³/mol. The number of allylic oxidation sites excluding steroid dienone is 1. The molecule has 0 saturated carbocycles. The number of benzene rings is 1. The van der Waals surface area contributed by atoms with Crippen LogP contribution in [0.4, 0.5) is 5.69 Å². The van der Waals surface area contributed by atoms with Crippen molar-refractivity contribution in [3.63, 3.8) is 0 Å². The van der Waals surface area contributed by atoms with Crippen molar-refractivity contribution in [2.24, 2.45) is 14.1 Å². The predicted octanol–water partition coefficient (Wildman–Crippen LogP) is 3.66. The highest BCUT2D eigenvalue weighted by molar-refractivity contribution is 5.88. The van der Waals surface area contributed by atoms with Gasteiger partial charge in [0, 0.05) is 54.1 Å². The molecule has 0 radical (unpaired) electrons. The lowest BCUT2D eigenvalue weighted by Crippen LogP contribution is -2.33. The van der Waals surface area contributed by atoms with Crippen LogP contribution in [0.15, 0.2) is 42.9 Å². The molecule has 2 aromatic heterocycles. The Morgan fingerprint density at radius 2 is 1.56 bits per heavy atom. The Kier molecular flexibility index (Phi) is 6.66. The number of hydrogen-bond donors (Lipinski definition) is 3. The molecule has 2 aliphatic rings. The number of nitrogens with one attached hydrogen (secondary N) is 3. The Morgan fingerprint density at radius 3 is 2.21 bits per heavy atom. The Hall–Kier alpha value is -2.76. The molecular formula is C29H39N5. The van der Waals surface area contributed by atoms with Crippen LogP contribution in [0.1, 0.15) is 55.6 Å². The van der Waals surface area contributed by atoms with Crippen LogP contribution in [0.3, 0.4) is 0 Å². The van der Waals surface area contributed by atoms with Gasteiger partial charge in [-0.2, -0.15) is 0 Å². The molecule has 5 rings (SSSR count). The van der Waals surface area contributed by atoms with E-state index in [1.54, 1.807) is 0 Å². The van der Waals surface area contributed by atoms with Crippen molar-refractivity contribution in [1.29, 1.82) is 0 Å². The van der Waals surface area contributed by atoms with Crippen molar-refractivity contribution in [3.8, 4) is 0 Å². The first-order chi connectivity index (χ1) is 16.5. The smallest absolute Gasteiger partial charge is 0.0497 e. The van der Waals surface area contributed by atoms with Crippen LogP contribution >= 0.6 is 0 Å². The number of hydrogen-bond acceptors (Lipinski definition) is 3. The molecule has 3 aromatic rings. The average Bonchev–Trinajstić information content (AvgIpc) is 3.36. The summed E-state index contributed by atoms with van der Waals surface area (Å²) in [5.74, 6) is 1.27. The Bertz CT molecular complexity index is 1300. The summed E-state index contributed by atoms with van der Waals surface area (Å²) in [6.07, 6.45) is 14.0. The molecule has 0 spiro atoms. The summed E-state index contributed by atoms with van der Waals surface area (Å²) in [7, 11) is 4.31. The van der Waals surface area contributed by atoms with Gasteiger partial charge in [-0.15, -0.1) is 0 Å². The molecule has 180 valence electrons. The number of rotatable bonds is 5. The molecule has 3 N–H and O–H groups in total. The minimum Gasteiger partial charge on any atom is -0.356 e. The third-order valence-electron chi connectivity index (χ3n) is 7.78. The van der Waals surface area contributed by atoms with Gasteiger partial charge in [-0.05, 0) is 111 Å². The molecule has 4 heterocycles. The molecule has 0 atom stereocenters. The number of aryl methyl sites for hydroxylation is 2. The minimum absolute atomic E-state index is 0.634. The second kappa shape index (κ2) is 9.85. The van der Waals surface area contributed by atoms with Gasteiger partial charge in [0.05, 0.1) is 0 Å². The zero-order valence-corrected chi connectivity index (χ0v) is 21.0. The van der Waals surface area contributed by atoms with E-state index in [1.807, 2.05) is 0 Å². The van der Waals surface area contributed by atoms with Gasteiger partial charge in [-0.25, -0.2) is 0 Å². The summed E-state index contributed by atoms with van der Waals surface area (Å²) in [5.41, 5.74) is 6.27. The Balaban J connectivity index is 1.43. The van der Waals surface area contributed by atoms with Crippen molar-refractivity contribution in [2.45, 2.75) is 44.4 Å². The third kappa shape index (κ3) is 4.47. The number of piperidine rings is 2. The largest absolute Gasteiger partial charge is 0.356 e. The SMILES string of the molecule is C=C(/C=c1\c(=C/C)c(C2CCNCC2)cn1C)Nc1ccc2c(c1)c(C1CCNCC1)cn2C. The van der Waals surface area contributed by atoms with E-state index >= 15 is 0 Å². The molecule has 0 amide bonds. The van der Waals surface area contributed by atoms with Gasteiger partial charge in [0.2, 0.25) is 0 Å². The summed E-state index contributed by atoms with van der Waals surface area (Å²) in [5, 5.41) is 14.5. The maximum atomic E-state index is 4.36. The number of fused-ring (bicyclic) bond motifs is 1. The van der Waals surface area contributed by atoms with Crippen LogP contribution < -0.4 is 26.5 Å². The van der Waals surface area contributed by atoms with Crippen LogP contribution in [0.5, 0.6) is 0 Å². The van der Waals surface area contributed by atoms with Gasteiger partial charge in [-0.3, -0.25) is 0 Å². The summed E-state index contributed by atoms with van der Waals surface area (Å²) < 4.78 is 4.53. The van der Waals surface area contributed by atoms with E-state index in [0.717, 1.165) is 37.6 Å². The number of aromatic nitrogens is 2. The molecule has 5 heteroatoms. The molecule has 0 unspecified atom stereocenters. The molecule has 5 nitrogen and oxygen atoms in total. The van der Waals surface area contributed by atoms with Gasteiger partial charge in [0.25, 0.3) is 0 Å². The Morgan fingerprint density at radius 1 is 0.941 bits per heavy atom. The van der Waals surface area contributed by atoms with E-state index in [0.29, 0.717) is 11.8 Å². The summed E-state index contributed by atoms with van der Waals surface area (Å²) in [6, 6.07) is 6.72. The highest BCUT2D eigenvalue weighted by atomic mass is 14.9. The molecule has 0 bridgehead atoms. The molecule has 34 heavy (non-hydrogen) atoms.